The maximum atomic E-state index is 12.3. The van der Waals surface area contributed by atoms with Crippen molar-refractivity contribution in [2.45, 2.75) is 6.61 Å². The summed E-state index contributed by atoms with van der Waals surface area (Å²) in [4.78, 5) is 15.5. The van der Waals surface area contributed by atoms with Crippen LogP contribution in [-0.2, 0) is 11.3 Å². The maximum Gasteiger partial charge on any atom is 0.355 e. The van der Waals surface area contributed by atoms with Crippen molar-refractivity contribution in [3.8, 4) is 0 Å². The number of ether oxygens (including phenoxy) is 1. The molecule has 1 aromatic heterocycles. The number of esters is 1. The van der Waals surface area contributed by atoms with Gasteiger partial charge in [0.25, 0.3) is 0 Å². The van der Waals surface area contributed by atoms with Crippen molar-refractivity contribution in [1.29, 1.82) is 0 Å². The van der Waals surface area contributed by atoms with Crippen LogP contribution >= 0.6 is 0 Å². The largest absolute Gasteiger partial charge is 0.456 e. The summed E-state index contributed by atoms with van der Waals surface area (Å²) in [7, 11) is 0. The molecular formula is C20H15NO2. The van der Waals surface area contributed by atoms with Crippen molar-refractivity contribution in [3.05, 3.63) is 84.1 Å². The Kier molecular flexibility index (Phi) is 3.31. The Morgan fingerprint density at radius 2 is 1.61 bits per heavy atom. The third kappa shape index (κ3) is 2.57. The van der Waals surface area contributed by atoms with Crippen LogP contribution in [0.2, 0.25) is 0 Å². The van der Waals surface area contributed by atoms with E-state index in [1.165, 1.54) is 0 Å². The first-order valence-corrected chi connectivity index (χ1v) is 7.53. The molecule has 3 aromatic carbocycles. The van der Waals surface area contributed by atoms with Crippen LogP contribution in [0, 0.1) is 0 Å². The smallest absolute Gasteiger partial charge is 0.355 e. The number of carbonyl (C=O) groups excluding carboxylic acids is 1. The molecule has 0 aliphatic heterocycles. The maximum absolute atomic E-state index is 12.3. The van der Waals surface area contributed by atoms with E-state index in [-0.39, 0.29) is 12.6 Å². The highest BCUT2D eigenvalue weighted by Gasteiger charge is 2.12. The van der Waals surface area contributed by atoms with Crippen LogP contribution in [0.1, 0.15) is 16.1 Å². The molecule has 1 heterocycles. The molecule has 0 spiro atoms. The minimum absolute atomic E-state index is 0.274. The predicted octanol–water partition coefficient (Wildman–Crippen LogP) is 4.68. The van der Waals surface area contributed by atoms with Crippen LogP contribution < -0.4 is 0 Å². The topological polar surface area (TPSA) is 42.1 Å². The summed E-state index contributed by atoms with van der Waals surface area (Å²) < 4.78 is 5.39. The second-order valence-electron chi connectivity index (χ2n) is 5.50. The van der Waals surface area contributed by atoms with Gasteiger partial charge in [-0.05, 0) is 17.0 Å². The van der Waals surface area contributed by atoms with Crippen molar-refractivity contribution in [1.82, 2.24) is 4.98 Å². The fourth-order valence-corrected chi connectivity index (χ4v) is 2.79. The zero-order valence-corrected chi connectivity index (χ0v) is 12.5. The van der Waals surface area contributed by atoms with E-state index in [4.69, 9.17) is 4.74 Å². The van der Waals surface area contributed by atoms with Gasteiger partial charge in [0.2, 0.25) is 0 Å². The first kappa shape index (κ1) is 13.6. The molecule has 3 nitrogen and oxygen atoms in total. The highest BCUT2D eigenvalue weighted by Crippen LogP contribution is 2.25. The Bertz CT molecular complexity index is 986. The average molecular weight is 301 g/mol. The number of hydrogen-bond donors (Lipinski definition) is 1. The molecule has 0 unspecified atom stereocenters. The van der Waals surface area contributed by atoms with Gasteiger partial charge < -0.3 is 9.72 Å². The molecule has 1 N–H and O–H groups in total. The molecule has 0 saturated heterocycles. The monoisotopic (exact) mass is 301 g/mol. The summed E-state index contributed by atoms with van der Waals surface area (Å²) in [6.45, 7) is 0.274. The molecule has 0 aliphatic carbocycles. The molecule has 0 atom stereocenters. The lowest BCUT2D eigenvalue weighted by Crippen LogP contribution is -2.05. The summed E-state index contributed by atoms with van der Waals surface area (Å²) in [6, 6.07) is 23.7. The van der Waals surface area contributed by atoms with E-state index in [2.05, 4.69) is 17.1 Å². The Morgan fingerprint density at radius 1 is 0.870 bits per heavy atom. The normalized spacial score (nSPS) is 11.0. The number of hydrogen-bond acceptors (Lipinski definition) is 2. The molecule has 0 bridgehead atoms. The van der Waals surface area contributed by atoms with Crippen molar-refractivity contribution >= 4 is 27.6 Å². The van der Waals surface area contributed by atoms with Crippen LogP contribution in [0.4, 0.5) is 0 Å². The molecule has 112 valence electrons. The Morgan fingerprint density at radius 3 is 2.48 bits per heavy atom. The van der Waals surface area contributed by atoms with E-state index in [1.54, 1.807) is 0 Å². The lowest BCUT2D eigenvalue weighted by atomic mass is 10.1. The van der Waals surface area contributed by atoms with Gasteiger partial charge in [0.15, 0.2) is 0 Å². The number of benzene rings is 3. The van der Waals surface area contributed by atoms with Crippen molar-refractivity contribution in [2.24, 2.45) is 0 Å². The SMILES string of the molecule is O=C(OCc1ccccc1)c1cc2ccc3ccccc3c2[nH]1. The van der Waals surface area contributed by atoms with Gasteiger partial charge in [-0.25, -0.2) is 4.79 Å². The Hall–Kier alpha value is -3.07. The predicted molar refractivity (Wildman–Crippen MR) is 91.4 cm³/mol. The number of aromatic amines is 1. The fourth-order valence-electron chi connectivity index (χ4n) is 2.79. The van der Waals surface area contributed by atoms with Gasteiger partial charge in [-0.15, -0.1) is 0 Å². The fraction of sp³-hybridized carbons (Fsp3) is 0.0500. The molecular weight excluding hydrogens is 286 g/mol. The molecule has 0 fully saturated rings. The lowest BCUT2D eigenvalue weighted by Gasteiger charge is -2.03. The minimum atomic E-state index is -0.339. The van der Waals surface area contributed by atoms with Crippen molar-refractivity contribution < 1.29 is 9.53 Å². The number of nitrogens with one attached hydrogen (secondary N) is 1. The minimum Gasteiger partial charge on any atom is -0.456 e. The summed E-state index contributed by atoms with van der Waals surface area (Å²) in [5, 5.41) is 3.26. The standard InChI is InChI=1S/C20H15NO2/c22-20(23-13-14-6-2-1-3-7-14)18-12-16-11-10-15-8-4-5-9-17(15)19(16)21-18/h1-12,21H,13H2. The third-order valence-electron chi connectivity index (χ3n) is 3.95. The second kappa shape index (κ2) is 5.61. The van der Waals surface area contributed by atoms with Gasteiger partial charge >= 0.3 is 5.97 Å². The van der Waals surface area contributed by atoms with E-state index >= 15 is 0 Å². The van der Waals surface area contributed by atoms with Crippen LogP contribution in [0.15, 0.2) is 72.8 Å². The molecule has 4 aromatic rings. The van der Waals surface area contributed by atoms with E-state index in [0.717, 1.165) is 27.2 Å². The molecule has 0 aliphatic rings. The summed E-state index contributed by atoms with van der Waals surface area (Å²) in [6.07, 6.45) is 0. The average Bonchev–Trinajstić information content (AvgIpc) is 3.05. The van der Waals surface area contributed by atoms with Crippen LogP contribution in [0.3, 0.4) is 0 Å². The highest BCUT2D eigenvalue weighted by atomic mass is 16.5. The van der Waals surface area contributed by atoms with Gasteiger partial charge in [-0.1, -0.05) is 66.7 Å². The first-order valence-electron chi connectivity index (χ1n) is 7.53. The second-order valence-corrected chi connectivity index (χ2v) is 5.50. The van der Waals surface area contributed by atoms with Crippen LogP contribution in [0.5, 0.6) is 0 Å². The molecule has 4 rings (SSSR count). The quantitative estimate of drug-likeness (QED) is 0.558. The van der Waals surface area contributed by atoms with Gasteiger partial charge in [0.1, 0.15) is 12.3 Å². The van der Waals surface area contributed by atoms with Crippen molar-refractivity contribution in [2.75, 3.05) is 0 Å². The van der Waals surface area contributed by atoms with Gasteiger partial charge in [0.05, 0.1) is 5.52 Å². The van der Waals surface area contributed by atoms with Gasteiger partial charge in [0, 0.05) is 10.8 Å². The Labute approximate surface area is 133 Å². The molecule has 23 heavy (non-hydrogen) atoms. The van der Waals surface area contributed by atoms with Crippen LogP contribution in [0.25, 0.3) is 21.7 Å². The summed E-state index contributed by atoms with van der Waals surface area (Å²) >= 11 is 0. The molecule has 0 amide bonds. The van der Waals surface area contributed by atoms with Crippen molar-refractivity contribution in [3.63, 3.8) is 0 Å². The van der Waals surface area contributed by atoms with E-state index < -0.39 is 0 Å². The summed E-state index contributed by atoms with van der Waals surface area (Å²) in [5.74, 6) is -0.339. The molecule has 3 heteroatoms. The number of aromatic nitrogens is 1. The van der Waals surface area contributed by atoms with Gasteiger partial charge in [-0.3, -0.25) is 0 Å². The molecule has 0 radical (unpaired) electrons. The van der Waals surface area contributed by atoms with Crippen LogP contribution in [-0.4, -0.2) is 11.0 Å². The zero-order valence-electron chi connectivity index (χ0n) is 12.5. The van der Waals surface area contributed by atoms with E-state index in [1.807, 2.05) is 60.7 Å². The highest BCUT2D eigenvalue weighted by molar-refractivity contribution is 6.08. The number of carbonyl (C=O) groups is 1. The third-order valence-corrected chi connectivity index (χ3v) is 3.95. The summed E-state index contributed by atoms with van der Waals surface area (Å²) in [5.41, 5.74) is 2.42. The number of H-pyrrole nitrogens is 1. The van der Waals surface area contributed by atoms with E-state index in [0.29, 0.717) is 5.69 Å². The number of fused-ring (bicyclic) bond motifs is 3. The van der Waals surface area contributed by atoms with E-state index in [9.17, 15) is 4.79 Å². The zero-order chi connectivity index (χ0) is 15.6. The first-order chi connectivity index (χ1) is 11.3. The lowest BCUT2D eigenvalue weighted by molar-refractivity contribution is 0.0467. The number of rotatable bonds is 3. The Balaban J connectivity index is 1.63. The molecule has 0 saturated carbocycles. The van der Waals surface area contributed by atoms with Gasteiger partial charge in [-0.2, -0.15) is 0 Å².